The highest BCUT2D eigenvalue weighted by Crippen LogP contribution is 2.16. The Labute approximate surface area is 101 Å². The maximum atomic E-state index is 11.8. The molecular formula is C12H18N2O3. The molecule has 2 rings (SSSR count). The van der Waals surface area contributed by atoms with Crippen LogP contribution in [0.4, 0.5) is 0 Å². The number of imide groups is 1. The minimum Gasteiger partial charge on any atom is -0.379 e. The third-order valence-corrected chi connectivity index (χ3v) is 3.20. The maximum Gasteiger partial charge on any atom is 0.256 e. The molecule has 0 aliphatic carbocycles. The molecule has 2 heterocycles. The van der Waals surface area contributed by atoms with E-state index in [-0.39, 0.29) is 17.9 Å². The van der Waals surface area contributed by atoms with Crippen LogP contribution < -0.4 is 0 Å². The second-order valence-corrected chi connectivity index (χ2v) is 4.60. The fourth-order valence-corrected chi connectivity index (χ4v) is 2.26. The molecule has 5 heteroatoms. The molecule has 17 heavy (non-hydrogen) atoms. The summed E-state index contributed by atoms with van der Waals surface area (Å²) in [7, 11) is 0. The lowest BCUT2D eigenvalue weighted by molar-refractivity contribution is -0.140. The van der Waals surface area contributed by atoms with Gasteiger partial charge in [-0.1, -0.05) is 0 Å². The Balaban J connectivity index is 1.94. The van der Waals surface area contributed by atoms with E-state index in [9.17, 15) is 9.59 Å². The molecule has 0 saturated carbocycles. The molecular weight excluding hydrogens is 220 g/mol. The number of ether oxygens (including phenoxy) is 1. The Bertz CT molecular complexity index is 359. The van der Waals surface area contributed by atoms with E-state index in [1.807, 2.05) is 6.92 Å². The first-order valence-electron chi connectivity index (χ1n) is 5.95. The molecule has 0 aromatic rings. The summed E-state index contributed by atoms with van der Waals surface area (Å²) in [5.74, 6) is -0.344. The Hall–Kier alpha value is -1.20. The quantitative estimate of drug-likeness (QED) is 0.651. The molecule has 0 spiro atoms. The third kappa shape index (κ3) is 2.56. The van der Waals surface area contributed by atoms with Crippen LogP contribution in [0.25, 0.3) is 0 Å². The molecule has 94 valence electrons. The molecule has 2 amide bonds. The van der Waals surface area contributed by atoms with E-state index >= 15 is 0 Å². The van der Waals surface area contributed by atoms with Crippen LogP contribution in [0.3, 0.4) is 0 Å². The van der Waals surface area contributed by atoms with Crippen molar-refractivity contribution >= 4 is 11.8 Å². The SMILES string of the molecule is CC1=CC(=O)N(C(C)CN2CCOCC2)C1=O. The maximum absolute atomic E-state index is 11.8. The first-order chi connectivity index (χ1) is 8.09. The van der Waals surface area contributed by atoms with Gasteiger partial charge in [-0.25, -0.2) is 0 Å². The minimum atomic E-state index is -0.187. The largest absolute Gasteiger partial charge is 0.379 e. The van der Waals surface area contributed by atoms with E-state index in [4.69, 9.17) is 4.74 Å². The zero-order valence-corrected chi connectivity index (χ0v) is 10.3. The lowest BCUT2D eigenvalue weighted by Crippen LogP contribution is -2.48. The summed E-state index contributed by atoms with van der Waals surface area (Å²) < 4.78 is 5.27. The van der Waals surface area contributed by atoms with Gasteiger partial charge < -0.3 is 4.74 Å². The molecule has 0 bridgehead atoms. The summed E-state index contributed by atoms with van der Waals surface area (Å²) >= 11 is 0. The summed E-state index contributed by atoms with van der Waals surface area (Å²) in [6.07, 6.45) is 1.41. The van der Waals surface area contributed by atoms with Gasteiger partial charge in [0.15, 0.2) is 0 Å². The lowest BCUT2D eigenvalue weighted by atomic mass is 10.2. The fraction of sp³-hybridized carbons (Fsp3) is 0.667. The molecule has 0 radical (unpaired) electrons. The number of carbonyl (C=O) groups excluding carboxylic acids is 2. The first kappa shape index (κ1) is 12.3. The van der Waals surface area contributed by atoms with Gasteiger partial charge in [0.1, 0.15) is 0 Å². The summed E-state index contributed by atoms with van der Waals surface area (Å²) in [5, 5.41) is 0. The summed E-state index contributed by atoms with van der Waals surface area (Å²) in [6, 6.07) is -0.0817. The van der Waals surface area contributed by atoms with Gasteiger partial charge in [0.2, 0.25) is 0 Å². The monoisotopic (exact) mass is 238 g/mol. The number of rotatable bonds is 3. The molecule has 5 nitrogen and oxygen atoms in total. The van der Waals surface area contributed by atoms with Gasteiger partial charge in [-0.15, -0.1) is 0 Å². The molecule has 2 aliphatic rings. The summed E-state index contributed by atoms with van der Waals surface area (Å²) in [4.78, 5) is 27.0. The van der Waals surface area contributed by atoms with E-state index in [1.54, 1.807) is 6.92 Å². The molecule has 1 atom stereocenters. The predicted octanol–water partition coefficient (Wildman–Crippen LogP) is 0.0222. The van der Waals surface area contributed by atoms with Crippen LogP contribution in [0, 0.1) is 0 Å². The lowest BCUT2D eigenvalue weighted by Gasteiger charge is -2.32. The van der Waals surface area contributed by atoms with E-state index < -0.39 is 0 Å². The number of carbonyl (C=O) groups is 2. The van der Waals surface area contributed by atoms with Gasteiger partial charge in [0, 0.05) is 31.3 Å². The van der Waals surface area contributed by atoms with Crippen molar-refractivity contribution in [1.82, 2.24) is 9.80 Å². The van der Waals surface area contributed by atoms with Gasteiger partial charge in [-0.2, -0.15) is 0 Å². The number of amides is 2. The van der Waals surface area contributed by atoms with Crippen molar-refractivity contribution in [3.05, 3.63) is 11.6 Å². The number of nitrogens with zero attached hydrogens (tertiary/aromatic N) is 2. The Morgan fingerprint density at radius 2 is 2.00 bits per heavy atom. The number of morpholine rings is 1. The van der Waals surface area contributed by atoms with Crippen LogP contribution in [-0.4, -0.2) is 60.5 Å². The fourth-order valence-electron chi connectivity index (χ4n) is 2.26. The summed E-state index contributed by atoms with van der Waals surface area (Å²) in [5.41, 5.74) is 0.531. The molecule has 0 aromatic heterocycles. The van der Waals surface area contributed by atoms with Gasteiger partial charge in [-0.3, -0.25) is 19.4 Å². The number of hydrogen-bond acceptors (Lipinski definition) is 4. The Morgan fingerprint density at radius 3 is 2.53 bits per heavy atom. The normalized spacial score (nSPS) is 24.1. The van der Waals surface area contributed by atoms with Crippen molar-refractivity contribution in [3.63, 3.8) is 0 Å². The Kier molecular flexibility index (Phi) is 3.59. The second kappa shape index (κ2) is 4.98. The van der Waals surface area contributed by atoms with E-state index in [0.717, 1.165) is 32.8 Å². The molecule has 0 aromatic carbocycles. The predicted molar refractivity (Wildman–Crippen MR) is 62.3 cm³/mol. The molecule has 1 saturated heterocycles. The molecule has 0 N–H and O–H groups in total. The van der Waals surface area contributed by atoms with Crippen molar-refractivity contribution in [3.8, 4) is 0 Å². The average Bonchev–Trinajstić information content (AvgIpc) is 2.54. The van der Waals surface area contributed by atoms with Crippen LogP contribution in [-0.2, 0) is 14.3 Å². The highest BCUT2D eigenvalue weighted by molar-refractivity contribution is 6.16. The second-order valence-electron chi connectivity index (χ2n) is 4.60. The van der Waals surface area contributed by atoms with Crippen molar-refractivity contribution in [2.24, 2.45) is 0 Å². The van der Waals surface area contributed by atoms with Gasteiger partial charge in [0.25, 0.3) is 11.8 Å². The van der Waals surface area contributed by atoms with Crippen LogP contribution in [0.5, 0.6) is 0 Å². The van der Waals surface area contributed by atoms with Crippen molar-refractivity contribution < 1.29 is 14.3 Å². The zero-order chi connectivity index (χ0) is 12.4. The standard InChI is InChI=1S/C12H18N2O3/c1-9-7-11(15)14(12(9)16)10(2)8-13-3-5-17-6-4-13/h7,10H,3-6,8H2,1-2H3. The van der Waals surface area contributed by atoms with Crippen molar-refractivity contribution in [2.45, 2.75) is 19.9 Å². The van der Waals surface area contributed by atoms with E-state index in [2.05, 4.69) is 4.90 Å². The first-order valence-corrected chi connectivity index (χ1v) is 5.95. The molecule has 2 aliphatic heterocycles. The van der Waals surface area contributed by atoms with Gasteiger partial charge in [-0.05, 0) is 13.8 Å². The minimum absolute atomic E-state index is 0.0817. The summed E-state index contributed by atoms with van der Waals surface area (Å²) in [6.45, 7) is 7.51. The average molecular weight is 238 g/mol. The van der Waals surface area contributed by atoms with Crippen LogP contribution in [0.1, 0.15) is 13.8 Å². The highest BCUT2D eigenvalue weighted by Gasteiger charge is 2.33. The van der Waals surface area contributed by atoms with E-state index in [1.165, 1.54) is 11.0 Å². The Morgan fingerprint density at radius 1 is 1.35 bits per heavy atom. The topological polar surface area (TPSA) is 49.9 Å². The van der Waals surface area contributed by atoms with Crippen LogP contribution in [0.15, 0.2) is 11.6 Å². The molecule has 1 fully saturated rings. The van der Waals surface area contributed by atoms with Crippen molar-refractivity contribution in [1.29, 1.82) is 0 Å². The van der Waals surface area contributed by atoms with Crippen LogP contribution >= 0.6 is 0 Å². The smallest absolute Gasteiger partial charge is 0.256 e. The van der Waals surface area contributed by atoms with Gasteiger partial charge in [0.05, 0.1) is 19.3 Å². The van der Waals surface area contributed by atoms with Gasteiger partial charge >= 0.3 is 0 Å². The zero-order valence-electron chi connectivity index (χ0n) is 10.3. The third-order valence-electron chi connectivity index (χ3n) is 3.20. The van der Waals surface area contributed by atoms with Crippen LogP contribution in [0.2, 0.25) is 0 Å². The van der Waals surface area contributed by atoms with Crippen molar-refractivity contribution in [2.75, 3.05) is 32.8 Å². The van der Waals surface area contributed by atoms with E-state index in [0.29, 0.717) is 5.57 Å². The number of hydrogen-bond donors (Lipinski definition) is 0. The highest BCUT2D eigenvalue weighted by atomic mass is 16.5. The molecule has 1 unspecified atom stereocenters.